The third-order valence-corrected chi connectivity index (χ3v) is 5.30. The summed E-state index contributed by atoms with van der Waals surface area (Å²) in [6.07, 6.45) is 12.3. The molecule has 0 radical (unpaired) electrons. The minimum absolute atomic E-state index is 1.14. The van der Waals surface area contributed by atoms with E-state index >= 15 is 0 Å². The number of pyridine rings is 1. The molecule has 24 heavy (non-hydrogen) atoms. The van der Waals surface area contributed by atoms with Crippen LogP contribution in [0.5, 0.6) is 0 Å². The Hall–Kier alpha value is -1.41. The van der Waals surface area contributed by atoms with Crippen LogP contribution < -0.4 is 0 Å². The Bertz CT molecular complexity index is 629. The van der Waals surface area contributed by atoms with E-state index in [4.69, 9.17) is 0 Å². The van der Waals surface area contributed by atoms with Gasteiger partial charge < -0.3 is 4.90 Å². The number of fused-ring (bicyclic) bond motifs is 1. The van der Waals surface area contributed by atoms with E-state index in [2.05, 4.69) is 47.1 Å². The van der Waals surface area contributed by atoms with Crippen LogP contribution in [0.25, 0.3) is 10.9 Å². The van der Waals surface area contributed by atoms with E-state index in [1.54, 1.807) is 0 Å². The average Bonchev–Trinajstić information content (AvgIpc) is 2.61. The fraction of sp³-hybridized carbons (Fsp3) is 0.591. The van der Waals surface area contributed by atoms with Crippen LogP contribution in [0.15, 0.2) is 30.3 Å². The molecule has 2 heterocycles. The topological polar surface area (TPSA) is 16.1 Å². The minimum atomic E-state index is 1.14. The van der Waals surface area contributed by atoms with Crippen LogP contribution in [0.4, 0.5) is 0 Å². The average molecular weight is 325 g/mol. The quantitative estimate of drug-likeness (QED) is 0.594. The van der Waals surface area contributed by atoms with Gasteiger partial charge in [0.2, 0.25) is 0 Å². The van der Waals surface area contributed by atoms with Gasteiger partial charge >= 0.3 is 0 Å². The van der Waals surface area contributed by atoms with Crippen molar-refractivity contribution in [1.29, 1.82) is 0 Å². The lowest BCUT2D eigenvalue weighted by molar-refractivity contribution is 0.224. The maximum atomic E-state index is 4.64. The summed E-state index contributed by atoms with van der Waals surface area (Å²) in [4.78, 5) is 7.31. The number of aryl methyl sites for hydroxylation is 2. The lowest BCUT2D eigenvalue weighted by atomic mass is 10.0. The van der Waals surface area contributed by atoms with Crippen LogP contribution >= 0.6 is 0 Å². The summed E-state index contributed by atoms with van der Waals surface area (Å²) in [7, 11) is 0. The predicted octanol–water partition coefficient (Wildman–Crippen LogP) is 5.52. The van der Waals surface area contributed by atoms with E-state index in [-0.39, 0.29) is 0 Å². The third kappa shape index (κ3) is 5.04. The Kier molecular flexibility index (Phi) is 6.66. The van der Waals surface area contributed by atoms with E-state index in [0.29, 0.717) is 0 Å². The summed E-state index contributed by atoms with van der Waals surface area (Å²) in [6, 6.07) is 10.8. The number of rotatable bonds is 8. The second-order valence-electron chi connectivity index (χ2n) is 7.36. The van der Waals surface area contributed by atoms with E-state index in [1.807, 2.05) is 0 Å². The van der Waals surface area contributed by atoms with Gasteiger partial charge in [0.1, 0.15) is 0 Å². The zero-order valence-electron chi connectivity index (χ0n) is 15.3. The van der Waals surface area contributed by atoms with E-state index < -0.39 is 0 Å². The highest BCUT2D eigenvalue weighted by atomic mass is 15.1. The summed E-state index contributed by atoms with van der Waals surface area (Å²) in [6.45, 7) is 6.12. The SMILES string of the molecule is Cc1cc(CCCCCCCN2CCCCC2)c2ccccc2n1. The largest absolute Gasteiger partial charge is 0.303 e. The highest BCUT2D eigenvalue weighted by Crippen LogP contribution is 2.20. The molecule has 1 aromatic heterocycles. The molecule has 2 heteroatoms. The number of hydrogen-bond donors (Lipinski definition) is 0. The molecule has 0 unspecified atom stereocenters. The van der Waals surface area contributed by atoms with Gasteiger partial charge in [0.15, 0.2) is 0 Å². The van der Waals surface area contributed by atoms with Crippen molar-refractivity contribution in [3.63, 3.8) is 0 Å². The van der Waals surface area contributed by atoms with Crippen molar-refractivity contribution < 1.29 is 0 Å². The minimum Gasteiger partial charge on any atom is -0.303 e. The molecule has 0 atom stereocenters. The van der Waals surface area contributed by atoms with Crippen molar-refractivity contribution in [3.8, 4) is 0 Å². The molecule has 1 aromatic carbocycles. The summed E-state index contributed by atoms with van der Waals surface area (Å²) in [5, 5.41) is 1.34. The Labute approximate surface area is 147 Å². The molecule has 0 saturated carbocycles. The first kappa shape index (κ1) is 17.4. The number of para-hydroxylation sites is 1. The maximum absolute atomic E-state index is 4.64. The Morgan fingerprint density at radius 3 is 2.54 bits per heavy atom. The lowest BCUT2D eigenvalue weighted by Gasteiger charge is -2.26. The number of unbranched alkanes of at least 4 members (excludes halogenated alkanes) is 4. The monoisotopic (exact) mass is 324 g/mol. The fourth-order valence-corrected chi connectivity index (χ4v) is 3.97. The number of benzene rings is 1. The molecule has 0 amide bonds. The molecule has 3 rings (SSSR count). The smallest absolute Gasteiger partial charge is 0.0707 e. The van der Waals surface area contributed by atoms with Gasteiger partial charge in [-0.25, -0.2) is 0 Å². The number of hydrogen-bond acceptors (Lipinski definition) is 2. The molecule has 2 aromatic rings. The number of likely N-dealkylation sites (tertiary alicyclic amines) is 1. The first-order valence-electron chi connectivity index (χ1n) is 9.90. The fourth-order valence-electron chi connectivity index (χ4n) is 3.97. The van der Waals surface area contributed by atoms with Crippen LogP contribution in [0, 0.1) is 6.92 Å². The number of nitrogens with zero attached hydrogens (tertiary/aromatic N) is 2. The van der Waals surface area contributed by atoms with Crippen LogP contribution in [0.1, 0.15) is 62.6 Å². The third-order valence-electron chi connectivity index (χ3n) is 5.30. The normalized spacial score (nSPS) is 15.9. The molecule has 130 valence electrons. The first-order valence-corrected chi connectivity index (χ1v) is 9.90. The van der Waals surface area contributed by atoms with Crippen molar-refractivity contribution in [1.82, 2.24) is 9.88 Å². The second-order valence-corrected chi connectivity index (χ2v) is 7.36. The van der Waals surface area contributed by atoms with Gasteiger partial charge in [-0.3, -0.25) is 4.98 Å². The molecule has 0 aliphatic carbocycles. The van der Waals surface area contributed by atoms with E-state index in [0.717, 1.165) is 11.2 Å². The molecule has 2 nitrogen and oxygen atoms in total. The number of piperidine rings is 1. The summed E-state index contributed by atoms with van der Waals surface area (Å²) < 4.78 is 0. The van der Waals surface area contributed by atoms with Crippen LogP contribution in [0.2, 0.25) is 0 Å². The Balaban J connectivity index is 1.36. The van der Waals surface area contributed by atoms with Crippen molar-refractivity contribution >= 4 is 10.9 Å². The molecule has 1 fully saturated rings. The zero-order chi connectivity index (χ0) is 16.6. The summed E-state index contributed by atoms with van der Waals surface area (Å²) >= 11 is 0. The van der Waals surface area contributed by atoms with Gasteiger partial charge in [0.25, 0.3) is 0 Å². The van der Waals surface area contributed by atoms with Gasteiger partial charge in [-0.1, -0.05) is 43.9 Å². The lowest BCUT2D eigenvalue weighted by Crippen LogP contribution is -2.30. The molecule has 0 N–H and O–H groups in total. The maximum Gasteiger partial charge on any atom is 0.0707 e. The van der Waals surface area contributed by atoms with Crippen LogP contribution in [-0.4, -0.2) is 29.5 Å². The van der Waals surface area contributed by atoms with Crippen LogP contribution in [0.3, 0.4) is 0 Å². The zero-order valence-corrected chi connectivity index (χ0v) is 15.3. The predicted molar refractivity (Wildman–Crippen MR) is 104 cm³/mol. The molecular formula is C22H32N2. The van der Waals surface area contributed by atoms with Gasteiger partial charge in [0, 0.05) is 11.1 Å². The summed E-state index contributed by atoms with van der Waals surface area (Å²) in [5.74, 6) is 0. The number of aromatic nitrogens is 1. The van der Waals surface area contributed by atoms with Gasteiger partial charge in [-0.2, -0.15) is 0 Å². The Morgan fingerprint density at radius 1 is 0.917 bits per heavy atom. The molecule has 0 spiro atoms. The van der Waals surface area contributed by atoms with Crippen molar-refractivity contribution in [3.05, 3.63) is 41.6 Å². The van der Waals surface area contributed by atoms with E-state index in [1.165, 1.54) is 88.4 Å². The molecule has 0 bridgehead atoms. The molecule has 1 aliphatic rings. The van der Waals surface area contributed by atoms with Gasteiger partial charge in [-0.05, 0) is 76.4 Å². The second kappa shape index (κ2) is 9.17. The van der Waals surface area contributed by atoms with Crippen molar-refractivity contribution in [2.75, 3.05) is 19.6 Å². The highest BCUT2D eigenvalue weighted by Gasteiger charge is 2.08. The highest BCUT2D eigenvalue weighted by molar-refractivity contribution is 5.82. The van der Waals surface area contributed by atoms with Crippen molar-refractivity contribution in [2.24, 2.45) is 0 Å². The first-order chi connectivity index (χ1) is 11.8. The van der Waals surface area contributed by atoms with Crippen molar-refractivity contribution in [2.45, 2.75) is 64.7 Å². The van der Waals surface area contributed by atoms with Gasteiger partial charge in [-0.15, -0.1) is 0 Å². The molecular weight excluding hydrogens is 292 g/mol. The van der Waals surface area contributed by atoms with E-state index in [9.17, 15) is 0 Å². The standard InChI is InChI=1S/C22H32N2/c1-19-18-20(21-13-7-8-14-22(21)23-19)12-6-3-2-4-9-15-24-16-10-5-11-17-24/h7-8,13-14,18H,2-6,9-12,15-17H2,1H3. The summed E-state index contributed by atoms with van der Waals surface area (Å²) in [5.41, 5.74) is 3.77. The van der Waals surface area contributed by atoms with Gasteiger partial charge in [0.05, 0.1) is 5.52 Å². The molecule has 1 saturated heterocycles. The molecule has 1 aliphatic heterocycles. The van der Waals surface area contributed by atoms with Crippen LogP contribution in [-0.2, 0) is 6.42 Å². The Morgan fingerprint density at radius 2 is 1.67 bits per heavy atom.